The van der Waals surface area contributed by atoms with Crippen LogP contribution in [0.5, 0.6) is 0 Å². The highest BCUT2D eigenvalue weighted by molar-refractivity contribution is 5.76. The molecule has 0 aromatic rings. The molecule has 3 nitrogen and oxygen atoms in total. The quantitative estimate of drug-likeness (QED) is 0.710. The van der Waals surface area contributed by atoms with Crippen molar-refractivity contribution < 1.29 is 9.53 Å². The lowest BCUT2D eigenvalue weighted by atomic mass is 10.0. The molecule has 0 N–H and O–H groups in total. The molecule has 0 amide bonds. The summed E-state index contributed by atoms with van der Waals surface area (Å²) >= 11 is 0. The van der Waals surface area contributed by atoms with Crippen LogP contribution in [0.15, 0.2) is 0 Å². The van der Waals surface area contributed by atoms with Crippen LogP contribution in [-0.2, 0) is 9.53 Å². The van der Waals surface area contributed by atoms with E-state index in [0.29, 0.717) is 30.4 Å². The highest BCUT2D eigenvalue weighted by Crippen LogP contribution is 2.31. The number of carbonyl (C=O) groups excluding carboxylic acids is 1. The van der Waals surface area contributed by atoms with Gasteiger partial charge in [-0.05, 0) is 33.1 Å². The molecular formula is C12H21NO2. The SMILES string of the molecule is CC(=O)CC(C)N1CCOC2CCCC21. The highest BCUT2D eigenvalue weighted by Gasteiger charge is 2.37. The van der Waals surface area contributed by atoms with E-state index in [1.165, 1.54) is 19.3 Å². The van der Waals surface area contributed by atoms with Crippen molar-refractivity contribution in [2.24, 2.45) is 0 Å². The molecule has 15 heavy (non-hydrogen) atoms. The molecule has 1 aliphatic heterocycles. The van der Waals surface area contributed by atoms with E-state index in [1.54, 1.807) is 6.92 Å². The lowest BCUT2D eigenvalue weighted by Gasteiger charge is -2.41. The Morgan fingerprint density at radius 2 is 2.33 bits per heavy atom. The average Bonchev–Trinajstić information content (AvgIpc) is 2.63. The number of morpholine rings is 1. The molecule has 0 bridgehead atoms. The standard InChI is InChI=1S/C12H21NO2/c1-9(8-10(2)14)13-6-7-15-12-5-3-4-11(12)13/h9,11-12H,3-8H2,1-2H3. The third-order valence-corrected chi connectivity index (χ3v) is 3.67. The van der Waals surface area contributed by atoms with Gasteiger partial charge in [0.2, 0.25) is 0 Å². The van der Waals surface area contributed by atoms with Crippen LogP contribution in [0.4, 0.5) is 0 Å². The zero-order valence-corrected chi connectivity index (χ0v) is 9.74. The largest absolute Gasteiger partial charge is 0.375 e. The van der Waals surface area contributed by atoms with Crippen LogP contribution in [0.25, 0.3) is 0 Å². The summed E-state index contributed by atoms with van der Waals surface area (Å²) in [5.41, 5.74) is 0. The number of carbonyl (C=O) groups is 1. The summed E-state index contributed by atoms with van der Waals surface area (Å²) in [4.78, 5) is 13.6. The topological polar surface area (TPSA) is 29.5 Å². The van der Waals surface area contributed by atoms with Gasteiger partial charge in [-0.1, -0.05) is 0 Å². The summed E-state index contributed by atoms with van der Waals surface area (Å²) in [6.45, 7) is 5.68. The second-order valence-electron chi connectivity index (χ2n) is 4.90. The molecule has 1 aliphatic carbocycles. The maximum Gasteiger partial charge on any atom is 0.131 e. The minimum atomic E-state index is 0.295. The fraction of sp³-hybridized carbons (Fsp3) is 0.917. The normalized spacial score (nSPS) is 33.7. The minimum Gasteiger partial charge on any atom is -0.375 e. The Hall–Kier alpha value is -0.410. The molecule has 1 saturated heterocycles. The van der Waals surface area contributed by atoms with Crippen LogP contribution in [-0.4, -0.2) is 42.0 Å². The van der Waals surface area contributed by atoms with Gasteiger partial charge in [0.25, 0.3) is 0 Å². The van der Waals surface area contributed by atoms with Crippen molar-refractivity contribution in [1.82, 2.24) is 4.90 Å². The fourth-order valence-corrected chi connectivity index (χ4v) is 3.04. The first-order valence-electron chi connectivity index (χ1n) is 6.05. The van der Waals surface area contributed by atoms with Gasteiger partial charge in [0.1, 0.15) is 5.78 Å². The van der Waals surface area contributed by atoms with Crippen LogP contribution in [0.1, 0.15) is 39.5 Å². The van der Waals surface area contributed by atoms with Crippen LogP contribution in [0, 0.1) is 0 Å². The predicted molar refractivity (Wildman–Crippen MR) is 58.8 cm³/mol. The smallest absolute Gasteiger partial charge is 0.131 e. The van der Waals surface area contributed by atoms with Gasteiger partial charge in [-0.3, -0.25) is 9.69 Å². The molecule has 1 saturated carbocycles. The highest BCUT2D eigenvalue weighted by atomic mass is 16.5. The number of ether oxygens (including phenoxy) is 1. The van der Waals surface area contributed by atoms with Crippen LogP contribution in [0.2, 0.25) is 0 Å². The number of ketones is 1. The zero-order chi connectivity index (χ0) is 10.8. The molecule has 0 aromatic carbocycles. The number of hydrogen-bond acceptors (Lipinski definition) is 3. The first-order chi connectivity index (χ1) is 7.18. The van der Waals surface area contributed by atoms with Gasteiger partial charge in [-0.2, -0.15) is 0 Å². The van der Waals surface area contributed by atoms with E-state index in [2.05, 4.69) is 11.8 Å². The first kappa shape index (κ1) is 11.1. The van der Waals surface area contributed by atoms with Gasteiger partial charge in [0.15, 0.2) is 0 Å². The number of fused-ring (bicyclic) bond motifs is 1. The summed E-state index contributed by atoms with van der Waals surface area (Å²) in [6.07, 6.45) is 4.84. The summed E-state index contributed by atoms with van der Waals surface area (Å²) in [5, 5.41) is 0. The van der Waals surface area contributed by atoms with Gasteiger partial charge in [-0.15, -0.1) is 0 Å². The summed E-state index contributed by atoms with van der Waals surface area (Å²) in [5.74, 6) is 0.295. The van der Waals surface area contributed by atoms with Gasteiger partial charge in [-0.25, -0.2) is 0 Å². The maximum absolute atomic E-state index is 11.1. The predicted octanol–water partition coefficient (Wildman–Crippen LogP) is 1.61. The first-order valence-corrected chi connectivity index (χ1v) is 6.05. The van der Waals surface area contributed by atoms with E-state index in [4.69, 9.17) is 4.74 Å². The molecule has 86 valence electrons. The molecule has 0 radical (unpaired) electrons. The fourth-order valence-electron chi connectivity index (χ4n) is 3.04. The van der Waals surface area contributed by atoms with Crippen molar-refractivity contribution >= 4 is 5.78 Å². The number of rotatable bonds is 3. The molecule has 2 rings (SSSR count). The zero-order valence-electron chi connectivity index (χ0n) is 9.74. The Morgan fingerprint density at radius 3 is 3.07 bits per heavy atom. The summed E-state index contributed by atoms with van der Waals surface area (Å²) in [7, 11) is 0. The van der Waals surface area contributed by atoms with Gasteiger partial charge < -0.3 is 4.74 Å². The third-order valence-electron chi connectivity index (χ3n) is 3.67. The van der Waals surface area contributed by atoms with Crippen molar-refractivity contribution in [3.8, 4) is 0 Å². The molecule has 3 heteroatoms. The Labute approximate surface area is 91.8 Å². The van der Waals surface area contributed by atoms with Gasteiger partial charge in [0.05, 0.1) is 12.7 Å². The summed E-state index contributed by atoms with van der Waals surface area (Å²) in [6, 6.07) is 0.963. The number of hydrogen-bond donors (Lipinski definition) is 0. The molecule has 0 spiro atoms. The van der Waals surface area contributed by atoms with Crippen LogP contribution in [0.3, 0.4) is 0 Å². The molecule has 2 fully saturated rings. The lowest BCUT2D eigenvalue weighted by Crippen LogP contribution is -2.52. The van der Waals surface area contributed by atoms with Crippen molar-refractivity contribution in [2.75, 3.05) is 13.2 Å². The molecule has 3 unspecified atom stereocenters. The third kappa shape index (κ3) is 2.40. The van der Waals surface area contributed by atoms with Crippen molar-refractivity contribution in [3.63, 3.8) is 0 Å². The van der Waals surface area contributed by atoms with Crippen molar-refractivity contribution in [3.05, 3.63) is 0 Å². The average molecular weight is 211 g/mol. The van der Waals surface area contributed by atoms with Crippen molar-refractivity contribution in [1.29, 1.82) is 0 Å². The Bertz CT molecular complexity index is 242. The van der Waals surface area contributed by atoms with E-state index in [-0.39, 0.29) is 0 Å². The lowest BCUT2D eigenvalue weighted by molar-refractivity contribution is -0.120. The molecule has 2 aliphatic rings. The number of Topliss-reactive ketones (excluding diaryl/α,β-unsaturated/α-hetero) is 1. The van der Waals surface area contributed by atoms with E-state index in [9.17, 15) is 4.79 Å². The maximum atomic E-state index is 11.1. The van der Waals surface area contributed by atoms with Crippen LogP contribution < -0.4 is 0 Å². The van der Waals surface area contributed by atoms with E-state index in [0.717, 1.165) is 13.2 Å². The molecule has 0 aromatic heterocycles. The molecule has 1 heterocycles. The van der Waals surface area contributed by atoms with Crippen LogP contribution >= 0.6 is 0 Å². The van der Waals surface area contributed by atoms with Gasteiger partial charge in [0, 0.05) is 25.0 Å². The van der Waals surface area contributed by atoms with Gasteiger partial charge >= 0.3 is 0 Å². The Morgan fingerprint density at radius 1 is 1.53 bits per heavy atom. The monoisotopic (exact) mass is 211 g/mol. The minimum absolute atomic E-state index is 0.295. The second-order valence-corrected chi connectivity index (χ2v) is 4.90. The molecular weight excluding hydrogens is 190 g/mol. The van der Waals surface area contributed by atoms with E-state index < -0.39 is 0 Å². The van der Waals surface area contributed by atoms with Crippen molar-refractivity contribution in [2.45, 2.75) is 57.7 Å². The second kappa shape index (κ2) is 4.62. The Balaban J connectivity index is 1.97. The number of nitrogens with zero attached hydrogens (tertiary/aromatic N) is 1. The Kier molecular flexibility index (Phi) is 3.42. The van der Waals surface area contributed by atoms with E-state index >= 15 is 0 Å². The van der Waals surface area contributed by atoms with E-state index in [1.807, 2.05) is 0 Å². The molecule has 3 atom stereocenters. The summed E-state index contributed by atoms with van der Waals surface area (Å²) < 4.78 is 5.76.